The summed E-state index contributed by atoms with van der Waals surface area (Å²) in [5, 5.41) is 6.80. The molecule has 0 amide bonds. The van der Waals surface area contributed by atoms with Gasteiger partial charge in [0.15, 0.2) is 5.96 Å². The summed E-state index contributed by atoms with van der Waals surface area (Å²) in [6.45, 7) is 15.6. The van der Waals surface area contributed by atoms with Gasteiger partial charge >= 0.3 is 0 Å². The monoisotopic (exact) mass is 296 g/mol. The van der Waals surface area contributed by atoms with E-state index in [1.807, 2.05) is 0 Å². The van der Waals surface area contributed by atoms with E-state index in [4.69, 9.17) is 4.99 Å². The van der Waals surface area contributed by atoms with Crippen LogP contribution in [0.2, 0.25) is 0 Å². The normalized spacial score (nSPS) is 18.2. The molecule has 1 aliphatic heterocycles. The fraction of sp³-hybridized carbons (Fsp3) is 0.941. The number of piperidine rings is 1. The molecule has 0 atom stereocenters. The van der Waals surface area contributed by atoms with Gasteiger partial charge in [-0.15, -0.1) is 0 Å². The van der Waals surface area contributed by atoms with E-state index in [9.17, 15) is 0 Å². The minimum atomic E-state index is 0.739. The molecule has 0 spiro atoms. The molecule has 1 fully saturated rings. The van der Waals surface area contributed by atoms with Crippen LogP contribution in [0, 0.1) is 11.8 Å². The predicted octanol–water partition coefficient (Wildman–Crippen LogP) is 2.71. The lowest BCUT2D eigenvalue weighted by Gasteiger charge is -2.31. The summed E-state index contributed by atoms with van der Waals surface area (Å²) in [6.07, 6.45) is 5.07. The third kappa shape index (κ3) is 8.30. The molecule has 124 valence electrons. The summed E-state index contributed by atoms with van der Waals surface area (Å²) in [4.78, 5) is 7.37. The van der Waals surface area contributed by atoms with Crippen molar-refractivity contribution in [1.29, 1.82) is 0 Å². The second-order valence-electron chi connectivity index (χ2n) is 6.61. The summed E-state index contributed by atoms with van der Waals surface area (Å²) in [6, 6.07) is 0. The molecular formula is C17H36N4. The van der Waals surface area contributed by atoms with Gasteiger partial charge in [0, 0.05) is 19.6 Å². The Balaban J connectivity index is 2.29. The van der Waals surface area contributed by atoms with Gasteiger partial charge in [0.05, 0.1) is 0 Å². The van der Waals surface area contributed by atoms with Crippen LogP contribution in [-0.2, 0) is 0 Å². The Kier molecular flexibility index (Phi) is 9.48. The lowest BCUT2D eigenvalue weighted by atomic mass is 9.97. The Labute approximate surface area is 131 Å². The van der Waals surface area contributed by atoms with Crippen molar-refractivity contribution < 1.29 is 0 Å². The molecule has 1 heterocycles. The van der Waals surface area contributed by atoms with E-state index in [0.717, 1.165) is 37.4 Å². The van der Waals surface area contributed by atoms with Gasteiger partial charge in [-0.25, -0.2) is 0 Å². The van der Waals surface area contributed by atoms with Crippen molar-refractivity contribution in [2.45, 2.75) is 53.4 Å². The van der Waals surface area contributed by atoms with Gasteiger partial charge in [-0.2, -0.15) is 0 Å². The second-order valence-corrected chi connectivity index (χ2v) is 6.61. The van der Waals surface area contributed by atoms with Crippen LogP contribution in [0.15, 0.2) is 4.99 Å². The maximum atomic E-state index is 4.78. The largest absolute Gasteiger partial charge is 0.357 e. The standard InChI is InChI=1S/C17H36N4/c1-5-11-21-12-8-16(9-13-21)14-20-17(18-6-2)19-10-7-15(3)4/h15-16H,5-14H2,1-4H3,(H2,18,19,20). The average molecular weight is 297 g/mol. The first-order valence-corrected chi connectivity index (χ1v) is 8.90. The Hall–Kier alpha value is -0.770. The Morgan fingerprint density at radius 2 is 1.90 bits per heavy atom. The summed E-state index contributed by atoms with van der Waals surface area (Å²) in [5.41, 5.74) is 0. The molecule has 1 rings (SSSR count). The molecular weight excluding hydrogens is 260 g/mol. The zero-order valence-electron chi connectivity index (χ0n) is 14.6. The number of guanidine groups is 1. The molecule has 0 radical (unpaired) electrons. The minimum absolute atomic E-state index is 0.739. The minimum Gasteiger partial charge on any atom is -0.357 e. The molecule has 4 nitrogen and oxygen atoms in total. The van der Waals surface area contributed by atoms with Crippen LogP contribution in [0.4, 0.5) is 0 Å². The topological polar surface area (TPSA) is 39.7 Å². The Morgan fingerprint density at radius 1 is 1.19 bits per heavy atom. The molecule has 0 aromatic carbocycles. The lowest BCUT2D eigenvalue weighted by Crippen LogP contribution is -2.39. The number of nitrogens with one attached hydrogen (secondary N) is 2. The van der Waals surface area contributed by atoms with Crippen molar-refractivity contribution in [3.63, 3.8) is 0 Å². The highest BCUT2D eigenvalue weighted by Crippen LogP contribution is 2.17. The molecule has 21 heavy (non-hydrogen) atoms. The van der Waals surface area contributed by atoms with Gasteiger partial charge in [-0.05, 0) is 64.1 Å². The number of likely N-dealkylation sites (tertiary alicyclic amines) is 1. The summed E-state index contributed by atoms with van der Waals surface area (Å²) in [7, 11) is 0. The number of nitrogens with zero attached hydrogens (tertiary/aromatic N) is 2. The molecule has 0 bridgehead atoms. The van der Waals surface area contributed by atoms with E-state index in [-0.39, 0.29) is 0 Å². The SMILES string of the molecule is CCCN1CCC(CN=C(NCC)NCCC(C)C)CC1. The van der Waals surface area contributed by atoms with E-state index in [1.165, 1.54) is 45.3 Å². The first kappa shape index (κ1) is 18.3. The van der Waals surface area contributed by atoms with Crippen molar-refractivity contribution in [2.24, 2.45) is 16.8 Å². The van der Waals surface area contributed by atoms with Crippen molar-refractivity contribution in [1.82, 2.24) is 15.5 Å². The van der Waals surface area contributed by atoms with Crippen LogP contribution < -0.4 is 10.6 Å². The third-order valence-electron chi connectivity index (χ3n) is 4.11. The van der Waals surface area contributed by atoms with Crippen LogP contribution >= 0.6 is 0 Å². The molecule has 0 saturated carbocycles. The highest BCUT2D eigenvalue weighted by atomic mass is 15.2. The van der Waals surface area contributed by atoms with Crippen LogP contribution in [0.25, 0.3) is 0 Å². The second kappa shape index (κ2) is 10.9. The van der Waals surface area contributed by atoms with Gasteiger partial charge in [0.2, 0.25) is 0 Å². The smallest absolute Gasteiger partial charge is 0.191 e. The number of hydrogen-bond donors (Lipinski definition) is 2. The first-order valence-electron chi connectivity index (χ1n) is 8.90. The summed E-state index contributed by atoms with van der Waals surface area (Å²) in [5.74, 6) is 2.50. The van der Waals surface area contributed by atoms with Crippen LogP contribution in [0.1, 0.15) is 53.4 Å². The van der Waals surface area contributed by atoms with E-state index < -0.39 is 0 Å². The van der Waals surface area contributed by atoms with E-state index >= 15 is 0 Å². The van der Waals surface area contributed by atoms with Crippen LogP contribution in [0.5, 0.6) is 0 Å². The highest BCUT2D eigenvalue weighted by molar-refractivity contribution is 5.79. The zero-order valence-corrected chi connectivity index (χ0v) is 14.6. The summed E-state index contributed by atoms with van der Waals surface area (Å²) < 4.78 is 0. The number of rotatable bonds is 8. The summed E-state index contributed by atoms with van der Waals surface area (Å²) >= 11 is 0. The van der Waals surface area contributed by atoms with Crippen molar-refractivity contribution in [3.8, 4) is 0 Å². The fourth-order valence-electron chi connectivity index (χ4n) is 2.75. The quantitative estimate of drug-likeness (QED) is 0.534. The van der Waals surface area contributed by atoms with Crippen LogP contribution in [-0.4, -0.2) is 50.1 Å². The van der Waals surface area contributed by atoms with Crippen molar-refractivity contribution >= 4 is 5.96 Å². The fourth-order valence-corrected chi connectivity index (χ4v) is 2.75. The van der Waals surface area contributed by atoms with E-state index in [2.05, 4.69) is 43.2 Å². The van der Waals surface area contributed by atoms with Gasteiger partial charge in [-0.3, -0.25) is 4.99 Å². The molecule has 1 aliphatic rings. The Bertz CT molecular complexity index is 281. The van der Waals surface area contributed by atoms with Gasteiger partial charge in [-0.1, -0.05) is 20.8 Å². The maximum absolute atomic E-state index is 4.78. The average Bonchev–Trinajstić information content (AvgIpc) is 2.46. The van der Waals surface area contributed by atoms with Crippen LogP contribution in [0.3, 0.4) is 0 Å². The van der Waals surface area contributed by atoms with Crippen molar-refractivity contribution in [2.75, 3.05) is 39.3 Å². The predicted molar refractivity (Wildman–Crippen MR) is 92.9 cm³/mol. The molecule has 0 aliphatic carbocycles. The van der Waals surface area contributed by atoms with E-state index in [0.29, 0.717) is 0 Å². The first-order chi connectivity index (χ1) is 10.2. The van der Waals surface area contributed by atoms with E-state index in [1.54, 1.807) is 0 Å². The number of hydrogen-bond acceptors (Lipinski definition) is 2. The maximum Gasteiger partial charge on any atom is 0.191 e. The molecule has 0 unspecified atom stereocenters. The van der Waals surface area contributed by atoms with Gasteiger partial charge < -0.3 is 15.5 Å². The highest BCUT2D eigenvalue weighted by Gasteiger charge is 2.18. The molecule has 1 saturated heterocycles. The van der Waals surface area contributed by atoms with Gasteiger partial charge in [0.1, 0.15) is 0 Å². The van der Waals surface area contributed by atoms with Gasteiger partial charge in [0.25, 0.3) is 0 Å². The van der Waals surface area contributed by atoms with Crippen molar-refractivity contribution in [3.05, 3.63) is 0 Å². The Morgan fingerprint density at radius 3 is 2.48 bits per heavy atom. The third-order valence-corrected chi connectivity index (χ3v) is 4.11. The zero-order chi connectivity index (χ0) is 15.5. The molecule has 0 aromatic rings. The molecule has 2 N–H and O–H groups in total. The lowest BCUT2D eigenvalue weighted by molar-refractivity contribution is 0.188. The number of aliphatic imine (C=N–C) groups is 1. The molecule has 0 aromatic heterocycles. The molecule has 4 heteroatoms.